The molecule has 0 saturated carbocycles. The zero-order valence-electron chi connectivity index (χ0n) is 13.0. The van der Waals surface area contributed by atoms with Gasteiger partial charge in [-0.15, -0.1) is 0 Å². The number of nitrogens with zero attached hydrogens (tertiary/aromatic N) is 4. The van der Waals surface area contributed by atoms with E-state index in [2.05, 4.69) is 10.1 Å². The lowest BCUT2D eigenvalue weighted by Crippen LogP contribution is -2.31. The van der Waals surface area contributed by atoms with E-state index in [0.717, 1.165) is 35.7 Å². The molecule has 23 heavy (non-hydrogen) atoms. The summed E-state index contributed by atoms with van der Waals surface area (Å²) in [4.78, 5) is 19.4. The van der Waals surface area contributed by atoms with Crippen LogP contribution in [0.2, 0.25) is 0 Å². The summed E-state index contributed by atoms with van der Waals surface area (Å²) < 4.78 is 1.78. The van der Waals surface area contributed by atoms with Crippen molar-refractivity contribution in [3.05, 3.63) is 60.2 Å². The second kappa shape index (κ2) is 5.50. The molecule has 1 amide bonds. The number of likely N-dealkylation sites (tertiary alicyclic amines) is 1. The molecule has 1 saturated heterocycles. The molecule has 1 aliphatic heterocycles. The Balaban J connectivity index is 1.72. The molecule has 2 aromatic heterocycles. The molecule has 1 aromatic carbocycles. The molecule has 0 N–H and O–H groups in total. The van der Waals surface area contributed by atoms with Crippen molar-refractivity contribution < 1.29 is 4.79 Å². The van der Waals surface area contributed by atoms with E-state index >= 15 is 0 Å². The molecule has 5 heteroatoms. The summed E-state index contributed by atoms with van der Waals surface area (Å²) in [5.41, 5.74) is 1.64. The minimum absolute atomic E-state index is 0.00755. The fourth-order valence-electron chi connectivity index (χ4n) is 3.39. The van der Waals surface area contributed by atoms with E-state index in [1.165, 1.54) is 0 Å². The Morgan fingerprint density at radius 2 is 2.13 bits per heavy atom. The number of carbonyl (C=O) groups excluding carboxylic acids is 1. The van der Waals surface area contributed by atoms with E-state index in [1.807, 2.05) is 54.7 Å². The summed E-state index contributed by atoms with van der Waals surface area (Å²) in [6.45, 7) is 0.767. The summed E-state index contributed by atoms with van der Waals surface area (Å²) in [7, 11) is 1.90. The smallest absolute Gasteiger partial charge is 0.273 e. The van der Waals surface area contributed by atoms with Gasteiger partial charge in [-0.05, 0) is 24.3 Å². The van der Waals surface area contributed by atoms with Crippen LogP contribution in [-0.2, 0) is 7.05 Å². The molecule has 4 rings (SSSR count). The highest BCUT2D eigenvalue weighted by molar-refractivity contribution is 6.05. The van der Waals surface area contributed by atoms with Crippen LogP contribution in [0.5, 0.6) is 0 Å². The van der Waals surface area contributed by atoms with Crippen molar-refractivity contribution in [2.75, 3.05) is 6.54 Å². The first-order chi connectivity index (χ1) is 11.2. The summed E-state index contributed by atoms with van der Waals surface area (Å²) >= 11 is 0. The van der Waals surface area contributed by atoms with Crippen molar-refractivity contribution >= 4 is 16.7 Å². The van der Waals surface area contributed by atoms with Gasteiger partial charge in [-0.1, -0.05) is 24.3 Å². The normalized spacial score (nSPS) is 17.8. The number of aryl methyl sites for hydroxylation is 1. The van der Waals surface area contributed by atoms with Crippen molar-refractivity contribution in [2.24, 2.45) is 7.05 Å². The molecule has 1 aliphatic rings. The van der Waals surface area contributed by atoms with Crippen LogP contribution >= 0.6 is 0 Å². The van der Waals surface area contributed by atoms with Gasteiger partial charge in [0.05, 0.1) is 12.2 Å². The van der Waals surface area contributed by atoms with Gasteiger partial charge in [0.2, 0.25) is 0 Å². The SMILES string of the molecule is Cn1cc([C@H]2CCCN2C(=O)c2nccc3ccccc23)cn1. The van der Waals surface area contributed by atoms with E-state index < -0.39 is 0 Å². The molecule has 0 aliphatic carbocycles. The summed E-state index contributed by atoms with van der Waals surface area (Å²) in [5, 5.41) is 6.20. The number of benzene rings is 1. The highest BCUT2D eigenvalue weighted by Crippen LogP contribution is 2.33. The standard InChI is InChI=1S/C18H18N4O/c1-21-12-14(11-20-21)16-7-4-10-22(16)18(23)17-15-6-3-2-5-13(15)8-9-19-17/h2-3,5-6,8-9,11-12,16H,4,7,10H2,1H3/t16-/m1/s1. The number of rotatable bonds is 2. The average Bonchev–Trinajstić information content (AvgIpc) is 3.22. The topological polar surface area (TPSA) is 51.0 Å². The molecule has 0 unspecified atom stereocenters. The second-order valence-electron chi connectivity index (χ2n) is 5.98. The monoisotopic (exact) mass is 306 g/mol. The minimum Gasteiger partial charge on any atom is -0.330 e. The molecular weight excluding hydrogens is 288 g/mol. The Kier molecular flexibility index (Phi) is 3.33. The molecule has 0 radical (unpaired) electrons. The number of amides is 1. The van der Waals surface area contributed by atoms with Gasteiger partial charge >= 0.3 is 0 Å². The van der Waals surface area contributed by atoms with E-state index in [1.54, 1.807) is 10.9 Å². The van der Waals surface area contributed by atoms with Crippen LogP contribution in [-0.4, -0.2) is 32.1 Å². The summed E-state index contributed by atoms with van der Waals surface area (Å²) in [6.07, 6.45) is 7.54. The number of aromatic nitrogens is 3. The number of fused-ring (bicyclic) bond motifs is 1. The molecule has 1 fully saturated rings. The van der Waals surface area contributed by atoms with Crippen molar-refractivity contribution in [2.45, 2.75) is 18.9 Å². The predicted octanol–water partition coefficient (Wildman–Crippen LogP) is 2.95. The fraction of sp³-hybridized carbons (Fsp3) is 0.278. The predicted molar refractivity (Wildman–Crippen MR) is 88.0 cm³/mol. The lowest BCUT2D eigenvalue weighted by atomic mass is 10.1. The van der Waals surface area contributed by atoms with Crippen LogP contribution in [0.3, 0.4) is 0 Å². The van der Waals surface area contributed by atoms with Crippen LogP contribution in [0, 0.1) is 0 Å². The second-order valence-corrected chi connectivity index (χ2v) is 5.98. The Bertz CT molecular complexity index is 865. The molecule has 1 atom stereocenters. The van der Waals surface area contributed by atoms with Gasteiger partial charge in [-0.25, -0.2) is 0 Å². The first-order valence-corrected chi connectivity index (χ1v) is 7.87. The maximum Gasteiger partial charge on any atom is 0.273 e. The number of hydrogen-bond donors (Lipinski definition) is 0. The average molecular weight is 306 g/mol. The third-order valence-corrected chi connectivity index (χ3v) is 4.50. The minimum atomic E-state index is 0.00755. The Morgan fingerprint density at radius 3 is 2.96 bits per heavy atom. The lowest BCUT2D eigenvalue weighted by Gasteiger charge is -2.24. The van der Waals surface area contributed by atoms with E-state index in [-0.39, 0.29) is 11.9 Å². The highest BCUT2D eigenvalue weighted by Gasteiger charge is 2.32. The van der Waals surface area contributed by atoms with Gasteiger partial charge in [-0.2, -0.15) is 5.10 Å². The third kappa shape index (κ3) is 2.38. The number of hydrogen-bond acceptors (Lipinski definition) is 3. The lowest BCUT2D eigenvalue weighted by molar-refractivity contribution is 0.0732. The van der Waals surface area contributed by atoms with Crippen LogP contribution in [0.1, 0.15) is 34.9 Å². The van der Waals surface area contributed by atoms with Gasteiger partial charge in [-0.3, -0.25) is 14.5 Å². The van der Waals surface area contributed by atoms with Crippen LogP contribution < -0.4 is 0 Å². The molecular formula is C18H18N4O. The molecule has 116 valence electrons. The largest absolute Gasteiger partial charge is 0.330 e. The molecule has 0 spiro atoms. The first-order valence-electron chi connectivity index (χ1n) is 7.87. The van der Waals surface area contributed by atoms with Crippen LogP contribution in [0.15, 0.2) is 48.9 Å². The maximum absolute atomic E-state index is 13.1. The summed E-state index contributed by atoms with van der Waals surface area (Å²) in [5.74, 6) is 0.00755. The fourth-order valence-corrected chi connectivity index (χ4v) is 3.39. The van der Waals surface area contributed by atoms with E-state index in [9.17, 15) is 4.79 Å². The van der Waals surface area contributed by atoms with Crippen molar-refractivity contribution in [1.29, 1.82) is 0 Å². The van der Waals surface area contributed by atoms with Crippen LogP contribution in [0.25, 0.3) is 10.8 Å². The molecule has 5 nitrogen and oxygen atoms in total. The zero-order valence-corrected chi connectivity index (χ0v) is 13.0. The molecule has 0 bridgehead atoms. The zero-order chi connectivity index (χ0) is 15.8. The van der Waals surface area contributed by atoms with Crippen LogP contribution in [0.4, 0.5) is 0 Å². The molecule has 3 aromatic rings. The summed E-state index contributed by atoms with van der Waals surface area (Å²) in [6, 6.07) is 9.93. The van der Waals surface area contributed by atoms with Crippen molar-refractivity contribution in [3.8, 4) is 0 Å². The maximum atomic E-state index is 13.1. The van der Waals surface area contributed by atoms with Gasteiger partial charge in [0.25, 0.3) is 5.91 Å². The number of carbonyl (C=O) groups is 1. The van der Waals surface area contributed by atoms with E-state index in [4.69, 9.17) is 0 Å². The Hall–Kier alpha value is -2.69. The first kappa shape index (κ1) is 13.9. The van der Waals surface area contributed by atoms with Gasteiger partial charge in [0, 0.05) is 36.9 Å². The van der Waals surface area contributed by atoms with Crippen molar-refractivity contribution in [3.63, 3.8) is 0 Å². The van der Waals surface area contributed by atoms with E-state index in [0.29, 0.717) is 5.69 Å². The molecule has 3 heterocycles. The van der Waals surface area contributed by atoms with Gasteiger partial charge in [0.15, 0.2) is 0 Å². The Labute approximate surface area is 134 Å². The highest BCUT2D eigenvalue weighted by atomic mass is 16.2. The van der Waals surface area contributed by atoms with Gasteiger partial charge in [0.1, 0.15) is 5.69 Å². The number of pyridine rings is 1. The Morgan fingerprint density at radius 1 is 1.26 bits per heavy atom. The quantitative estimate of drug-likeness (QED) is 0.731. The van der Waals surface area contributed by atoms with Crippen molar-refractivity contribution in [1.82, 2.24) is 19.7 Å². The van der Waals surface area contributed by atoms with Gasteiger partial charge < -0.3 is 4.90 Å². The third-order valence-electron chi connectivity index (χ3n) is 4.50.